The lowest BCUT2D eigenvalue weighted by molar-refractivity contribution is 0.0801. The van der Waals surface area contributed by atoms with Gasteiger partial charge in [0.15, 0.2) is 23.1 Å². The van der Waals surface area contributed by atoms with Gasteiger partial charge in [0.2, 0.25) is 0 Å². The second kappa shape index (κ2) is 7.53. The molecule has 0 fully saturated rings. The molecule has 5 aliphatic rings. The van der Waals surface area contributed by atoms with Crippen molar-refractivity contribution in [1.29, 1.82) is 0 Å². The maximum Gasteiger partial charge on any atom is 0.171 e. The van der Waals surface area contributed by atoms with Crippen LogP contribution in [0.5, 0.6) is 0 Å². The van der Waals surface area contributed by atoms with E-state index in [0.717, 1.165) is 22.3 Å². The van der Waals surface area contributed by atoms with Gasteiger partial charge in [-0.1, -0.05) is 72.9 Å². The first kappa shape index (κ1) is 20.9. The second-order valence-electron chi connectivity index (χ2n) is 9.82. The van der Waals surface area contributed by atoms with Crippen LogP contribution in [0.1, 0.15) is 63.7 Å². The molecule has 0 N–H and O–H groups in total. The van der Waals surface area contributed by atoms with E-state index in [1.54, 1.807) is 48.6 Å². The Morgan fingerprint density at radius 3 is 0.806 bits per heavy atom. The van der Waals surface area contributed by atoms with E-state index in [4.69, 9.17) is 0 Å². The molecule has 0 amide bonds. The quantitative estimate of drug-likeness (QED) is 0.417. The molecule has 2 aromatic rings. The molecule has 0 spiro atoms. The van der Waals surface area contributed by atoms with Crippen molar-refractivity contribution >= 4 is 47.4 Å². The molecule has 0 bridgehead atoms. The molecule has 2 aromatic carbocycles. The van der Waals surface area contributed by atoms with Crippen molar-refractivity contribution < 1.29 is 19.2 Å². The van der Waals surface area contributed by atoms with E-state index in [9.17, 15) is 19.2 Å². The number of hydrogen-bond acceptors (Lipinski definition) is 4. The highest BCUT2D eigenvalue weighted by Crippen LogP contribution is 2.39. The molecule has 172 valence electrons. The van der Waals surface area contributed by atoms with Gasteiger partial charge in [-0.2, -0.15) is 0 Å². The molecule has 0 aromatic heterocycles. The molecule has 4 atom stereocenters. The van der Waals surface area contributed by atoms with Crippen LogP contribution in [0.3, 0.4) is 0 Å². The SMILES string of the molecule is O=C1c2cc3c(cc2C(=O)[C@H]2C=CC=CC12)/C=C\c1cc2c(cc1/C=C\3)C(=O)C1C=CC=C[C@H]1C2=O. The van der Waals surface area contributed by atoms with E-state index in [2.05, 4.69) is 0 Å². The Balaban J connectivity index is 1.34. The van der Waals surface area contributed by atoms with E-state index in [1.165, 1.54) is 0 Å². The van der Waals surface area contributed by atoms with Crippen LogP contribution in [0.15, 0.2) is 72.9 Å². The van der Waals surface area contributed by atoms with Crippen LogP contribution in [-0.2, 0) is 0 Å². The largest absolute Gasteiger partial charge is 0.293 e. The lowest BCUT2D eigenvalue weighted by Gasteiger charge is -2.29. The van der Waals surface area contributed by atoms with Gasteiger partial charge in [0.1, 0.15) is 0 Å². The third-order valence-electron chi connectivity index (χ3n) is 7.87. The first-order chi connectivity index (χ1) is 17.5. The standard InChI is InChI=1S/C32H20O4/c33-29-21-5-1-2-6-22(21)30(34)26-14-18-11-12-20-16-28-27(15-19(20)10-9-17(18)13-25(26)29)31(35)23-7-3-4-8-24(23)32(28)36/h1-16,21-24H/b10-9-,12-11-,17-9?,18-11?,19-10?,20-12?/t21-,22?,23+,24?. The third kappa shape index (κ3) is 2.88. The van der Waals surface area contributed by atoms with Gasteiger partial charge in [0.25, 0.3) is 0 Å². The molecule has 4 nitrogen and oxygen atoms in total. The summed E-state index contributed by atoms with van der Waals surface area (Å²) in [5.41, 5.74) is 5.11. The predicted molar refractivity (Wildman–Crippen MR) is 139 cm³/mol. The van der Waals surface area contributed by atoms with Crippen LogP contribution < -0.4 is 0 Å². The van der Waals surface area contributed by atoms with Crippen molar-refractivity contribution in [1.82, 2.24) is 0 Å². The van der Waals surface area contributed by atoms with Crippen molar-refractivity contribution in [3.8, 4) is 0 Å². The number of ketones is 4. The lowest BCUT2D eigenvalue weighted by atomic mass is 9.71. The van der Waals surface area contributed by atoms with Crippen molar-refractivity contribution in [3.63, 3.8) is 0 Å². The molecule has 0 aliphatic heterocycles. The number of Topliss-reactive ketones (excluding diaryl/α,β-unsaturated/α-hetero) is 4. The zero-order valence-corrected chi connectivity index (χ0v) is 19.2. The first-order valence-corrected chi connectivity index (χ1v) is 12.1. The van der Waals surface area contributed by atoms with Crippen molar-refractivity contribution in [2.45, 2.75) is 0 Å². The smallest absolute Gasteiger partial charge is 0.171 e. The van der Waals surface area contributed by atoms with Gasteiger partial charge in [-0.25, -0.2) is 0 Å². The number of allylic oxidation sites excluding steroid dienone is 8. The van der Waals surface area contributed by atoms with E-state index in [-0.39, 0.29) is 23.1 Å². The van der Waals surface area contributed by atoms with Gasteiger partial charge in [-0.05, 0) is 46.5 Å². The highest BCUT2D eigenvalue weighted by molar-refractivity contribution is 6.19. The molecule has 2 unspecified atom stereocenters. The molecular formula is C32H20O4. The average Bonchev–Trinajstić information content (AvgIpc) is 2.91. The Labute approximate surface area is 207 Å². The Kier molecular flexibility index (Phi) is 4.37. The molecule has 7 rings (SSSR count). The topological polar surface area (TPSA) is 68.3 Å². The van der Waals surface area contributed by atoms with E-state index in [0.29, 0.717) is 22.3 Å². The summed E-state index contributed by atoms with van der Waals surface area (Å²) < 4.78 is 0. The third-order valence-corrected chi connectivity index (χ3v) is 7.87. The zero-order chi connectivity index (χ0) is 24.6. The fourth-order valence-electron chi connectivity index (χ4n) is 5.95. The zero-order valence-electron chi connectivity index (χ0n) is 19.2. The number of carbonyl (C=O) groups is 4. The summed E-state index contributed by atoms with van der Waals surface area (Å²) in [7, 11) is 0. The summed E-state index contributed by atoms with van der Waals surface area (Å²) in [5.74, 6) is -1.98. The van der Waals surface area contributed by atoms with Crippen LogP contribution in [0, 0.1) is 23.7 Å². The molecule has 36 heavy (non-hydrogen) atoms. The van der Waals surface area contributed by atoms with Crippen molar-refractivity contribution in [2.24, 2.45) is 23.7 Å². The molecule has 5 aliphatic carbocycles. The number of hydrogen-bond donors (Lipinski definition) is 0. The highest BCUT2D eigenvalue weighted by Gasteiger charge is 2.41. The predicted octanol–water partition coefficient (Wildman–Crippen LogP) is 5.82. The minimum atomic E-state index is -0.454. The van der Waals surface area contributed by atoms with Gasteiger partial charge in [-0.15, -0.1) is 0 Å². The molecular weight excluding hydrogens is 448 g/mol. The molecule has 4 heteroatoms. The van der Waals surface area contributed by atoms with E-state index in [1.807, 2.05) is 48.6 Å². The second-order valence-corrected chi connectivity index (χ2v) is 9.82. The Bertz CT molecular complexity index is 1380. The molecule has 0 heterocycles. The minimum absolute atomic E-state index is 0.0415. The van der Waals surface area contributed by atoms with Gasteiger partial charge >= 0.3 is 0 Å². The van der Waals surface area contributed by atoms with Crippen molar-refractivity contribution in [3.05, 3.63) is 117 Å². The summed E-state index contributed by atoms with van der Waals surface area (Å²) in [4.78, 5) is 52.9. The van der Waals surface area contributed by atoms with Crippen LogP contribution >= 0.6 is 0 Å². The Hall–Kier alpha value is -4.44. The monoisotopic (exact) mass is 468 g/mol. The number of fused-ring (bicyclic) bond motifs is 6. The minimum Gasteiger partial charge on any atom is -0.293 e. The van der Waals surface area contributed by atoms with Gasteiger partial charge < -0.3 is 0 Å². The summed E-state index contributed by atoms with van der Waals surface area (Å²) in [6.07, 6.45) is 22.1. The van der Waals surface area contributed by atoms with Gasteiger partial charge in [0, 0.05) is 22.3 Å². The Morgan fingerprint density at radius 1 is 0.361 bits per heavy atom. The normalized spacial score (nSPS) is 28.2. The van der Waals surface area contributed by atoms with Crippen LogP contribution in [0.25, 0.3) is 24.3 Å². The Morgan fingerprint density at radius 2 is 0.583 bits per heavy atom. The molecule has 0 saturated carbocycles. The first-order valence-electron chi connectivity index (χ1n) is 12.1. The van der Waals surface area contributed by atoms with Gasteiger partial charge in [-0.3, -0.25) is 19.2 Å². The summed E-state index contributed by atoms with van der Waals surface area (Å²) in [6.45, 7) is 0. The number of rotatable bonds is 0. The molecule has 0 saturated heterocycles. The van der Waals surface area contributed by atoms with E-state index < -0.39 is 23.7 Å². The average molecular weight is 469 g/mol. The van der Waals surface area contributed by atoms with Crippen molar-refractivity contribution in [2.75, 3.05) is 0 Å². The van der Waals surface area contributed by atoms with Gasteiger partial charge in [0.05, 0.1) is 23.7 Å². The van der Waals surface area contributed by atoms with Crippen LogP contribution in [0.2, 0.25) is 0 Å². The lowest BCUT2D eigenvalue weighted by Crippen LogP contribution is -2.35. The van der Waals surface area contributed by atoms with Crippen LogP contribution in [-0.4, -0.2) is 23.1 Å². The maximum absolute atomic E-state index is 13.2. The fourth-order valence-corrected chi connectivity index (χ4v) is 5.95. The summed E-state index contributed by atoms with van der Waals surface area (Å²) >= 11 is 0. The fraction of sp³-hybridized carbons (Fsp3) is 0.125. The van der Waals surface area contributed by atoms with E-state index >= 15 is 0 Å². The number of carbonyl (C=O) groups excluding carboxylic acids is 4. The highest BCUT2D eigenvalue weighted by atomic mass is 16.1. The molecule has 0 radical (unpaired) electrons. The summed E-state index contributed by atoms with van der Waals surface area (Å²) in [5, 5.41) is 0. The maximum atomic E-state index is 13.2. The van der Waals surface area contributed by atoms with Crippen LogP contribution in [0.4, 0.5) is 0 Å². The number of benzene rings is 2. The summed E-state index contributed by atoms with van der Waals surface area (Å²) in [6, 6.07) is 7.21.